The molecule has 1 fully saturated rings. The van der Waals surface area contributed by atoms with Gasteiger partial charge in [-0.2, -0.15) is 0 Å². The largest absolute Gasteiger partial charge is 0.444 e. The van der Waals surface area contributed by atoms with Crippen LogP contribution in [-0.2, 0) is 11.3 Å². The van der Waals surface area contributed by atoms with Gasteiger partial charge in [-0.25, -0.2) is 9.59 Å². The van der Waals surface area contributed by atoms with E-state index in [9.17, 15) is 9.59 Å². The Labute approximate surface area is 165 Å². The van der Waals surface area contributed by atoms with Crippen LogP contribution in [0.25, 0.3) is 11.1 Å². The molecule has 1 aromatic carbocycles. The van der Waals surface area contributed by atoms with Gasteiger partial charge in [0.15, 0.2) is 5.58 Å². The van der Waals surface area contributed by atoms with Gasteiger partial charge in [0.1, 0.15) is 5.60 Å². The molecule has 0 spiro atoms. The first-order chi connectivity index (χ1) is 13.3. The summed E-state index contributed by atoms with van der Waals surface area (Å²) >= 11 is 0. The van der Waals surface area contributed by atoms with Crippen molar-refractivity contribution in [2.45, 2.75) is 52.2 Å². The number of carbonyl (C=O) groups excluding carboxylic acids is 1. The maximum absolute atomic E-state index is 12.0. The molecule has 0 saturated carbocycles. The Morgan fingerprint density at radius 3 is 2.64 bits per heavy atom. The first-order valence-corrected chi connectivity index (χ1v) is 10.1. The van der Waals surface area contributed by atoms with Crippen molar-refractivity contribution in [1.29, 1.82) is 0 Å². The van der Waals surface area contributed by atoms with E-state index in [4.69, 9.17) is 9.15 Å². The average molecular weight is 389 g/mol. The molecule has 1 aromatic heterocycles. The number of fused-ring (bicyclic) bond motifs is 1. The zero-order valence-corrected chi connectivity index (χ0v) is 17.1. The lowest BCUT2D eigenvalue weighted by Gasteiger charge is -2.32. The van der Waals surface area contributed by atoms with Crippen LogP contribution in [0.5, 0.6) is 0 Å². The molecule has 154 valence electrons. The fraction of sp³-hybridized carbons (Fsp3) is 0.619. The number of hydrogen-bond donors (Lipinski definition) is 1. The summed E-state index contributed by atoms with van der Waals surface area (Å²) in [7, 11) is 0. The molecule has 1 aliphatic heterocycles. The Morgan fingerprint density at radius 2 is 1.93 bits per heavy atom. The van der Waals surface area contributed by atoms with E-state index in [1.807, 2.05) is 45.0 Å². The van der Waals surface area contributed by atoms with Crippen LogP contribution in [-0.4, -0.2) is 47.3 Å². The van der Waals surface area contributed by atoms with Crippen LogP contribution in [0, 0.1) is 5.92 Å². The van der Waals surface area contributed by atoms with Gasteiger partial charge in [0.05, 0.1) is 5.52 Å². The summed E-state index contributed by atoms with van der Waals surface area (Å²) in [6, 6.07) is 7.54. The van der Waals surface area contributed by atoms with Crippen molar-refractivity contribution in [3.05, 3.63) is 34.8 Å². The molecule has 1 aliphatic rings. The fourth-order valence-corrected chi connectivity index (χ4v) is 3.63. The van der Waals surface area contributed by atoms with Gasteiger partial charge in [0, 0.05) is 13.1 Å². The number of ether oxygens (including phenoxy) is 1. The van der Waals surface area contributed by atoms with E-state index in [-0.39, 0.29) is 11.8 Å². The highest BCUT2D eigenvalue weighted by molar-refractivity contribution is 5.72. The third-order valence-corrected chi connectivity index (χ3v) is 5.07. The summed E-state index contributed by atoms with van der Waals surface area (Å²) in [5.74, 6) is 0.206. The number of nitrogens with one attached hydrogen (secondary N) is 1. The number of aryl methyl sites for hydroxylation is 1. The lowest BCUT2D eigenvalue weighted by molar-refractivity contribution is 0.0509. The van der Waals surface area contributed by atoms with Gasteiger partial charge in [-0.15, -0.1) is 0 Å². The Hall–Kier alpha value is -2.28. The maximum atomic E-state index is 12.0. The molecule has 0 atom stereocenters. The molecule has 1 N–H and O–H groups in total. The van der Waals surface area contributed by atoms with Crippen molar-refractivity contribution >= 4 is 17.2 Å². The molecule has 28 heavy (non-hydrogen) atoms. The van der Waals surface area contributed by atoms with E-state index in [1.165, 1.54) is 0 Å². The number of oxazole rings is 1. The fourth-order valence-electron chi connectivity index (χ4n) is 3.63. The maximum Gasteiger partial charge on any atom is 0.419 e. The molecule has 2 aromatic rings. The summed E-state index contributed by atoms with van der Waals surface area (Å²) in [5.41, 5.74) is 1.04. The third kappa shape index (κ3) is 5.61. The summed E-state index contributed by atoms with van der Waals surface area (Å²) in [6.07, 6.45) is 2.69. The summed E-state index contributed by atoms with van der Waals surface area (Å²) < 4.78 is 12.3. The number of nitrogens with zero attached hydrogens (tertiary/aromatic N) is 2. The second-order valence-corrected chi connectivity index (χ2v) is 8.51. The van der Waals surface area contributed by atoms with E-state index < -0.39 is 5.60 Å². The quantitative estimate of drug-likeness (QED) is 0.821. The van der Waals surface area contributed by atoms with Gasteiger partial charge in [-0.05, 0) is 77.7 Å². The van der Waals surface area contributed by atoms with E-state index in [0.29, 0.717) is 24.6 Å². The second-order valence-electron chi connectivity index (χ2n) is 8.51. The molecule has 0 aliphatic carbocycles. The first-order valence-electron chi connectivity index (χ1n) is 10.1. The number of likely N-dealkylation sites (tertiary alicyclic amines) is 1. The van der Waals surface area contributed by atoms with Crippen molar-refractivity contribution < 1.29 is 13.9 Å². The smallest absolute Gasteiger partial charge is 0.419 e. The monoisotopic (exact) mass is 389 g/mol. The standard InChI is InChI=1S/C21H31N3O4/c1-21(2,3)28-19(25)22-15-16-9-13-23(14-10-16)11-6-12-24-17-7-4-5-8-18(17)27-20(24)26/h4-5,7-8,16H,6,9-15H2,1-3H3,(H,22,25). The number of piperidine rings is 1. The lowest BCUT2D eigenvalue weighted by atomic mass is 9.97. The molecule has 2 heterocycles. The molecule has 7 nitrogen and oxygen atoms in total. The van der Waals surface area contributed by atoms with Gasteiger partial charge in [-0.3, -0.25) is 4.57 Å². The van der Waals surface area contributed by atoms with E-state index in [2.05, 4.69) is 10.2 Å². The second kappa shape index (κ2) is 8.82. The number of aromatic nitrogens is 1. The van der Waals surface area contributed by atoms with Crippen LogP contribution in [0.1, 0.15) is 40.0 Å². The number of carbonyl (C=O) groups is 1. The Morgan fingerprint density at radius 1 is 1.21 bits per heavy atom. The number of benzene rings is 1. The molecular weight excluding hydrogens is 358 g/mol. The summed E-state index contributed by atoms with van der Waals surface area (Å²) in [5, 5.41) is 2.88. The predicted octanol–water partition coefficient (Wildman–Crippen LogP) is 3.22. The number of para-hydroxylation sites is 2. The highest BCUT2D eigenvalue weighted by atomic mass is 16.6. The van der Waals surface area contributed by atoms with Crippen LogP contribution < -0.4 is 11.1 Å². The molecule has 0 radical (unpaired) electrons. The molecule has 1 saturated heterocycles. The van der Waals surface area contributed by atoms with Crippen LogP contribution in [0.2, 0.25) is 0 Å². The van der Waals surface area contributed by atoms with Crippen molar-refractivity contribution in [2.24, 2.45) is 5.92 Å². The van der Waals surface area contributed by atoms with Gasteiger partial charge in [0.2, 0.25) is 0 Å². The van der Waals surface area contributed by atoms with Crippen LogP contribution in [0.3, 0.4) is 0 Å². The minimum atomic E-state index is -0.463. The van der Waals surface area contributed by atoms with Gasteiger partial charge in [0.25, 0.3) is 0 Å². The lowest BCUT2D eigenvalue weighted by Crippen LogP contribution is -2.40. The number of alkyl carbamates (subject to hydrolysis) is 1. The highest BCUT2D eigenvalue weighted by Gasteiger charge is 2.21. The molecule has 3 rings (SSSR count). The van der Waals surface area contributed by atoms with E-state index >= 15 is 0 Å². The third-order valence-electron chi connectivity index (χ3n) is 5.07. The van der Waals surface area contributed by atoms with Crippen molar-refractivity contribution in [1.82, 2.24) is 14.8 Å². The highest BCUT2D eigenvalue weighted by Crippen LogP contribution is 2.17. The number of rotatable bonds is 6. The normalized spacial score (nSPS) is 16.4. The van der Waals surface area contributed by atoms with Crippen LogP contribution >= 0.6 is 0 Å². The van der Waals surface area contributed by atoms with Crippen molar-refractivity contribution in [3.8, 4) is 0 Å². The zero-order chi connectivity index (χ0) is 20.1. The van der Waals surface area contributed by atoms with Gasteiger partial charge >= 0.3 is 11.8 Å². The minimum absolute atomic E-state index is 0.284. The Balaban J connectivity index is 1.37. The molecule has 0 bridgehead atoms. The van der Waals surface area contributed by atoms with Crippen molar-refractivity contribution in [2.75, 3.05) is 26.2 Å². The molecule has 1 amide bonds. The van der Waals surface area contributed by atoms with Crippen molar-refractivity contribution in [3.63, 3.8) is 0 Å². The van der Waals surface area contributed by atoms with Gasteiger partial charge < -0.3 is 19.4 Å². The average Bonchev–Trinajstić information content (AvgIpc) is 2.95. The van der Waals surface area contributed by atoms with Crippen LogP contribution in [0.4, 0.5) is 4.79 Å². The Bertz CT molecular complexity index is 841. The number of amides is 1. The summed E-state index contributed by atoms with van der Waals surface area (Å²) in [6.45, 7) is 9.92. The topological polar surface area (TPSA) is 76.7 Å². The number of hydrogen-bond acceptors (Lipinski definition) is 5. The minimum Gasteiger partial charge on any atom is -0.444 e. The van der Waals surface area contributed by atoms with E-state index in [0.717, 1.165) is 44.4 Å². The molecule has 0 unspecified atom stereocenters. The van der Waals surface area contributed by atoms with Gasteiger partial charge in [-0.1, -0.05) is 12.1 Å². The first kappa shape index (κ1) is 20.5. The van der Waals surface area contributed by atoms with Crippen LogP contribution in [0.15, 0.2) is 33.5 Å². The summed E-state index contributed by atoms with van der Waals surface area (Å²) in [4.78, 5) is 26.2. The predicted molar refractivity (Wildman–Crippen MR) is 108 cm³/mol. The molecule has 7 heteroatoms. The Kier molecular flexibility index (Phi) is 6.44. The van der Waals surface area contributed by atoms with E-state index in [1.54, 1.807) is 4.57 Å². The SMILES string of the molecule is CC(C)(C)OC(=O)NCC1CCN(CCCn2c(=O)oc3ccccc32)CC1. The zero-order valence-electron chi connectivity index (χ0n) is 17.1. The molecular formula is C21H31N3O4.